The van der Waals surface area contributed by atoms with Gasteiger partial charge in [0.2, 0.25) is 0 Å². The van der Waals surface area contributed by atoms with E-state index in [1.165, 1.54) is 18.4 Å². The maximum Gasteiger partial charge on any atom is 0.119 e. The van der Waals surface area contributed by atoms with E-state index >= 15 is 0 Å². The number of aliphatic hydroxyl groups excluding tert-OH is 1. The van der Waals surface area contributed by atoms with Gasteiger partial charge in [0.25, 0.3) is 0 Å². The fourth-order valence-corrected chi connectivity index (χ4v) is 2.68. The van der Waals surface area contributed by atoms with Crippen LogP contribution in [0.5, 0.6) is 5.75 Å². The first kappa shape index (κ1) is 14.4. The number of rotatable bonds is 7. The molecule has 19 heavy (non-hydrogen) atoms. The van der Waals surface area contributed by atoms with Crippen LogP contribution in [0.3, 0.4) is 0 Å². The molecule has 1 aliphatic heterocycles. The van der Waals surface area contributed by atoms with E-state index in [2.05, 4.69) is 12.1 Å². The molecule has 2 unspecified atom stereocenters. The summed E-state index contributed by atoms with van der Waals surface area (Å²) < 4.78 is 10.9. The molecule has 3 heteroatoms. The van der Waals surface area contributed by atoms with Crippen LogP contribution in [0.1, 0.15) is 31.2 Å². The molecule has 3 nitrogen and oxygen atoms in total. The summed E-state index contributed by atoms with van der Waals surface area (Å²) in [7, 11) is 1.68. The standard InChI is InChI=1S/C16H24O3/c1-18-16-5-2-4-13(11-16)10-14(12-17)7-8-15-6-3-9-19-15/h2,4-5,11,14-15,17H,3,6-10,12H2,1H3. The van der Waals surface area contributed by atoms with Crippen molar-refractivity contribution in [1.29, 1.82) is 0 Å². The van der Waals surface area contributed by atoms with Gasteiger partial charge in [0.15, 0.2) is 0 Å². The summed E-state index contributed by atoms with van der Waals surface area (Å²) in [6.07, 6.45) is 5.77. The van der Waals surface area contributed by atoms with Crippen molar-refractivity contribution in [2.24, 2.45) is 5.92 Å². The molecule has 0 bridgehead atoms. The first-order valence-corrected chi connectivity index (χ1v) is 7.17. The van der Waals surface area contributed by atoms with E-state index in [9.17, 15) is 5.11 Å². The van der Waals surface area contributed by atoms with Gasteiger partial charge in [-0.25, -0.2) is 0 Å². The summed E-state index contributed by atoms with van der Waals surface area (Å²) in [5, 5.41) is 9.52. The molecule has 1 heterocycles. The van der Waals surface area contributed by atoms with E-state index in [1.54, 1.807) is 7.11 Å². The highest BCUT2D eigenvalue weighted by Gasteiger charge is 2.18. The molecule has 0 aliphatic carbocycles. The van der Waals surface area contributed by atoms with Gasteiger partial charge in [-0.05, 0) is 55.7 Å². The molecule has 0 amide bonds. The summed E-state index contributed by atoms with van der Waals surface area (Å²) in [5.41, 5.74) is 1.23. The third kappa shape index (κ3) is 4.51. The minimum absolute atomic E-state index is 0.240. The van der Waals surface area contributed by atoms with Crippen molar-refractivity contribution in [3.8, 4) is 5.75 Å². The molecule has 1 aromatic carbocycles. The highest BCUT2D eigenvalue weighted by atomic mass is 16.5. The van der Waals surface area contributed by atoms with Crippen molar-refractivity contribution < 1.29 is 14.6 Å². The predicted octanol–water partition coefficient (Wildman–Crippen LogP) is 2.81. The van der Waals surface area contributed by atoms with Crippen LogP contribution in [-0.4, -0.2) is 31.5 Å². The molecule has 1 saturated heterocycles. The molecule has 2 atom stereocenters. The Labute approximate surface area is 115 Å². The van der Waals surface area contributed by atoms with Gasteiger partial charge in [-0.15, -0.1) is 0 Å². The van der Waals surface area contributed by atoms with E-state index < -0.39 is 0 Å². The fraction of sp³-hybridized carbons (Fsp3) is 0.625. The van der Waals surface area contributed by atoms with E-state index in [-0.39, 0.29) is 6.61 Å². The monoisotopic (exact) mass is 264 g/mol. The minimum Gasteiger partial charge on any atom is -0.497 e. The molecule has 1 aliphatic rings. The molecule has 0 radical (unpaired) electrons. The zero-order valence-corrected chi connectivity index (χ0v) is 11.7. The normalized spacial score (nSPS) is 20.4. The molecule has 0 aromatic heterocycles. The lowest BCUT2D eigenvalue weighted by Crippen LogP contribution is -2.14. The molecule has 106 valence electrons. The van der Waals surface area contributed by atoms with Crippen molar-refractivity contribution in [1.82, 2.24) is 0 Å². The Kier molecular flexibility index (Phi) is 5.67. The molecule has 0 saturated carbocycles. The molecule has 0 spiro atoms. The molecule has 1 N–H and O–H groups in total. The Morgan fingerprint density at radius 2 is 2.37 bits per heavy atom. The first-order valence-electron chi connectivity index (χ1n) is 7.17. The summed E-state index contributed by atoms with van der Waals surface area (Å²) in [6.45, 7) is 1.15. The van der Waals surface area contributed by atoms with Crippen LogP contribution in [0.2, 0.25) is 0 Å². The average Bonchev–Trinajstić information content (AvgIpc) is 2.97. The summed E-state index contributed by atoms with van der Waals surface area (Å²) in [6, 6.07) is 8.10. The Morgan fingerprint density at radius 3 is 3.05 bits per heavy atom. The Morgan fingerprint density at radius 1 is 1.47 bits per heavy atom. The van der Waals surface area contributed by atoms with Gasteiger partial charge in [0.05, 0.1) is 13.2 Å². The van der Waals surface area contributed by atoms with Crippen molar-refractivity contribution in [2.75, 3.05) is 20.3 Å². The largest absolute Gasteiger partial charge is 0.497 e. The molecular formula is C16H24O3. The van der Waals surface area contributed by atoms with Crippen molar-refractivity contribution in [3.63, 3.8) is 0 Å². The lowest BCUT2D eigenvalue weighted by Gasteiger charge is -2.17. The van der Waals surface area contributed by atoms with E-state index in [4.69, 9.17) is 9.47 Å². The quantitative estimate of drug-likeness (QED) is 0.823. The second-order valence-corrected chi connectivity index (χ2v) is 5.32. The van der Waals surface area contributed by atoms with Crippen LogP contribution in [0, 0.1) is 5.92 Å². The van der Waals surface area contributed by atoms with E-state index in [0.29, 0.717) is 12.0 Å². The van der Waals surface area contributed by atoms with Gasteiger partial charge in [0, 0.05) is 13.2 Å². The van der Waals surface area contributed by atoms with Gasteiger partial charge in [-0.1, -0.05) is 12.1 Å². The van der Waals surface area contributed by atoms with Crippen LogP contribution in [-0.2, 0) is 11.2 Å². The smallest absolute Gasteiger partial charge is 0.119 e. The third-order valence-corrected chi connectivity index (χ3v) is 3.84. The molecule has 1 fully saturated rings. The number of aliphatic hydroxyl groups is 1. The minimum atomic E-state index is 0.240. The van der Waals surface area contributed by atoms with E-state index in [0.717, 1.165) is 31.6 Å². The Bertz CT molecular complexity index is 372. The Hall–Kier alpha value is -1.06. The topological polar surface area (TPSA) is 38.7 Å². The van der Waals surface area contributed by atoms with Gasteiger partial charge in [0.1, 0.15) is 5.75 Å². The number of ether oxygens (including phenoxy) is 2. The van der Waals surface area contributed by atoms with Crippen LogP contribution in [0.4, 0.5) is 0 Å². The summed E-state index contributed by atoms with van der Waals surface area (Å²) in [4.78, 5) is 0. The maximum absolute atomic E-state index is 9.52. The van der Waals surface area contributed by atoms with Crippen LogP contribution >= 0.6 is 0 Å². The summed E-state index contributed by atoms with van der Waals surface area (Å²) >= 11 is 0. The lowest BCUT2D eigenvalue weighted by atomic mass is 9.93. The molecule has 1 aromatic rings. The average molecular weight is 264 g/mol. The number of hydrogen-bond donors (Lipinski definition) is 1. The highest BCUT2D eigenvalue weighted by Crippen LogP contribution is 2.22. The van der Waals surface area contributed by atoms with Gasteiger partial charge in [-0.3, -0.25) is 0 Å². The van der Waals surface area contributed by atoms with Crippen LogP contribution < -0.4 is 4.74 Å². The number of methoxy groups -OCH3 is 1. The predicted molar refractivity (Wildman–Crippen MR) is 75.5 cm³/mol. The second-order valence-electron chi connectivity index (χ2n) is 5.32. The van der Waals surface area contributed by atoms with Gasteiger partial charge in [-0.2, -0.15) is 0 Å². The van der Waals surface area contributed by atoms with Gasteiger partial charge >= 0.3 is 0 Å². The van der Waals surface area contributed by atoms with Crippen molar-refractivity contribution in [3.05, 3.63) is 29.8 Å². The van der Waals surface area contributed by atoms with Crippen molar-refractivity contribution >= 4 is 0 Å². The fourth-order valence-electron chi connectivity index (χ4n) is 2.68. The summed E-state index contributed by atoms with van der Waals surface area (Å²) in [5.74, 6) is 1.20. The Balaban J connectivity index is 1.83. The highest BCUT2D eigenvalue weighted by molar-refractivity contribution is 5.28. The zero-order chi connectivity index (χ0) is 13.5. The van der Waals surface area contributed by atoms with Crippen molar-refractivity contribution in [2.45, 2.75) is 38.2 Å². The number of benzene rings is 1. The SMILES string of the molecule is COc1cccc(CC(CO)CCC2CCCO2)c1. The van der Waals surface area contributed by atoms with Crippen LogP contribution in [0.15, 0.2) is 24.3 Å². The van der Waals surface area contributed by atoms with E-state index in [1.807, 2.05) is 12.1 Å². The zero-order valence-electron chi connectivity index (χ0n) is 11.7. The van der Waals surface area contributed by atoms with Gasteiger partial charge < -0.3 is 14.6 Å². The third-order valence-electron chi connectivity index (χ3n) is 3.84. The molecule has 2 rings (SSSR count). The maximum atomic E-state index is 9.52. The number of hydrogen-bond acceptors (Lipinski definition) is 3. The first-order chi connectivity index (χ1) is 9.31. The van der Waals surface area contributed by atoms with Crippen LogP contribution in [0.25, 0.3) is 0 Å². The molecular weight excluding hydrogens is 240 g/mol. The second kappa shape index (κ2) is 7.51. The lowest BCUT2D eigenvalue weighted by molar-refractivity contribution is 0.0932.